The van der Waals surface area contributed by atoms with E-state index >= 15 is 0 Å². The number of hydrogen-bond acceptors (Lipinski definition) is 8. The quantitative estimate of drug-likeness (QED) is 0.0195. The van der Waals surface area contributed by atoms with E-state index in [9.17, 15) is 19.0 Å². The Labute approximate surface area is 444 Å². The number of unbranched alkanes of at least 4 members (excludes halogenated alkanes) is 28. The highest BCUT2D eigenvalue weighted by atomic mass is 31.2. The van der Waals surface area contributed by atoms with Crippen LogP contribution in [-0.4, -0.2) is 70.0 Å². The fourth-order valence-corrected chi connectivity index (χ4v) is 8.92. The van der Waals surface area contributed by atoms with E-state index in [4.69, 9.17) is 18.5 Å². The van der Waals surface area contributed by atoms with E-state index in [1.165, 1.54) is 141 Å². The highest BCUT2D eigenvalue weighted by Gasteiger charge is 2.22. The summed E-state index contributed by atoms with van der Waals surface area (Å²) in [7, 11) is 1.16. The zero-order chi connectivity index (χ0) is 52.7. The first-order chi connectivity index (χ1) is 35.0. The highest BCUT2D eigenvalue weighted by molar-refractivity contribution is 7.45. The Bertz CT molecular complexity index is 1450. The van der Waals surface area contributed by atoms with Crippen molar-refractivity contribution in [3.05, 3.63) is 72.9 Å². The number of ether oxygens (including phenoxy) is 2. The number of carbonyl (C=O) groups is 2. The number of carbonyl (C=O) groups excluding carboxylic acids is 2. The monoisotopic (exact) mass is 1030 g/mol. The summed E-state index contributed by atoms with van der Waals surface area (Å²) in [4.78, 5) is 37.9. The first-order valence-electron chi connectivity index (χ1n) is 29.6. The average Bonchev–Trinajstić information content (AvgIpc) is 3.34. The summed E-state index contributed by atoms with van der Waals surface area (Å²) >= 11 is 0. The third kappa shape index (κ3) is 56.7. The van der Waals surface area contributed by atoms with Gasteiger partial charge in [0.1, 0.15) is 19.8 Å². The number of phosphoric acid groups is 1. The van der Waals surface area contributed by atoms with Gasteiger partial charge < -0.3 is 27.9 Å². The predicted molar refractivity (Wildman–Crippen MR) is 305 cm³/mol. The molecular weight excluding hydrogens is 918 g/mol. The molecular formula is C62H112NO8P. The van der Waals surface area contributed by atoms with Crippen LogP contribution < -0.4 is 4.89 Å². The van der Waals surface area contributed by atoms with Crippen molar-refractivity contribution in [2.45, 2.75) is 264 Å². The number of allylic oxidation sites excluding steroid dienone is 12. The molecule has 0 aliphatic rings. The molecule has 0 heterocycles. The second kappa shape index (κ2) is 53.3. The summed E-state index contributed by atoms with van der Waals surface area (Å²) in [6.07, 6.45) is 69.4. The maximum atomic E-state index is 12.8. The number of phosphoric ester groups is 1. The van der Waals surface area contributed by atoms with Crippen LogP contribution in [0.4, 0.5) is 0 Å². The van der Waals surface area contributed by atoms with E-state index in [-0.39, 0.29) is 32.0 Å². The smallest absolute Gasteiger partial charge is 0.306 e. The van der Waals surface area contributed by atoms with Crippen LogP contribution >= 0.6 is 7.82 Å². The van der Waals surface area contributed by atoms with E-state index in [1.54, 1.807) is 0 Å². The lowest BCUT2D eigenvalue weighted by molar-refractivity contribution is -0.870. The van der Waals surface area contributed by atoms with Gasteiger partial charge in [0.05, 0.1) is 27.7 Å². The molecule has 0 aliphatic heterocycles. The largest absolute Gasteiger partial charge is 0.756 e. The minimum atomic E-state index is -4.64. The lowest BCUT2D eigenvalue weighted by Crippen LogP contribution is -2.37. The van der Waals surface area contributed by atoms with E-state index in [2.05, 4.69) is 86.8 Å². The molecule has 0 aromatic rings. The first kappa shape index (κ1) is 69.5. The van der Waals surface area contributed by atoms with Crippen molar-refractivity contribution in [1.29, 1.82) is 0 Å². The number of likely N-dealkylation sites (N-methyl/N-ethyl adjacent to an activating group) is 1. The molecule has 418 valence electrons. The lowest BCUT2D eigenvalue weighted by Gasteiger charge is -2.28. The molecule has 0 saturated heterocycles. The van der Waals surface area contributed by atoms with Gasteiger partial charge in [-0.1, -0.05) is 254 Å². The topological polar surface area (TPSA) is 111 Å². The molecule has 0 saturated carbocycles. The molecule has 0 bridgehead atoms. The van der Waals surface area contributed by atoms with Crippen molar-refractivity contribution in [1.82, 2.24) is 0 Å². The molecule has 0 N–H and O–H groups in total. The fourth-order valence-electron chi connectivity index (χ4n) is 8.19. The van der Waals surface area contributed by atoms with Gasteiger partial charge in [0.15, 0.2) is 6.10 Å². The number of esters is 2. The van der Waals surface area contributed by atoms with Crippen molar-refractivity contribution in [3.8, 4) is 0 Å². The summed E-state index contributed by atoms with van der Waals surface area (Å²) in [6.45, 7) is 4.15. The molecule has 0 fully saturated rings. The molecule has 0 rings (SSSR count). The Morgan fingerprint density at radius 2 is 0.792 bits per heavy atom. The van der Waals surface area contributed by atoms with Gasteiger partial charge in [-0.05, 0) is 64.2 Å². The van der Waals surface area contributed by atoms with Gasteiger partial charge in [-0.2, -0.15) is 0 Å². The van der Waals surface area contributed by atoms with Crippen LogP contribution in [-0.2, 0) is 32.7 Å². The van der Waals surface area contributed by atoms with Gasteiger partial charge in [0, 0.05) is 12.8 Å². The maximum absolute atomic E-state index is 12.8. The van der Waals surface area contributed by atoms with Gasteiger partial charge in [0.25, 0.3) is 7.82 Å². The molecule has 72 heavy (non-hydrogen) atoms. The van der Waals surface area contributed by atoms with Crippen LogP contribution in [0.25, 0.3) is 0 Å². The van der Waals surface area contributed by atoms with E-state index < -0.39 is 26.5 Å². The predicted octanol–water partition coefficient (Wildman–Crippen LogP) is 17.8. The van der Waals surface area contributed by atoms with Gasteiger partial charge in [-0.25, -0.2) is 0 Å². The van der Waals surface area contributed by atoms with Crippen molar-refractivity contribution in [2.24, 2.45) is 0 Å². The van der Waals surface area contributed by atoms with Crippen LogP contribution in [0.5, 0.6) is 0 Å². The second-order valence-electron chi connectivity index (χ2n) is 21.0. The maximum Gasteiger partial charge on any atom is 0.306 e. The van der Waals surface area contributed by atoms with Crippen LogP contribution in [0.3, 0.4) is 0 Å². The third-order valence-electron chi connectivity index (χ3n) is 12.7. The fraction of sp³-hybridized carbons (Fsp3) is 0.774. The Hall–Kier alpha value is -2.55. The van der Waals surface area contributed by atoms with Gasteiger partial charge >= 0.3 is 11.9 Å². The zero-order valence-corrected chi connectivity index (χ0v) is 48.3. The van der Waals surface area contributed by atoms with Crippen molar-refractivity contribution in [3.63, 3.8) is 0 Å². The standard InChI is InChI=1S/C62H112NO8P/c1-6-8-10-12-14-16-18-20-22-24-26-27-28-29-30-31-32-33-34-35-37-39-41-43-45-47-49-51-53-55-62(65)71-60(59-70-72(66,67)69-57-56-63(3,4)5)58-68-61(64)54-52-50-48-46-44-42-40-38-36-25-23-21-19-17-15-13-11-9-7-2/h8,10,14,16,20,22,26-27,29-30,32-33,60H,6-7,9,11-13,15,17-19,21,23-25,28,31,34-59H2,1-5H3/b10-8-,16-14-,22-20-,27-26-,30-29-,33-32-. The Balaban J connectivity index is 4.16. The van der Waals surface area contributed by atoms with Gasteiger partial charge in [-0.3, -0.25) is 14.2 Å². The molecule has 0 radical (unpaired) electrons. The van der Waals surface area contributed by atoms with E-state index in [0.717, 1.165) is 83.5 Å². The number of quaternary nitrogens is 1. The number of nitrogens with zero attached hydrogens (tertiary/aromatic N) is 1. The Morgan fingerprint density at radius 1 is 0.444 bits per heavy atom. The van der Waals surface area contributed by atoms with E-state index in [1.807, 2.05) is 21.1 Å². The molecule has 2 atom stereocenters. The SMILES string of the molecule is CC/C=C\C/C=C\C/C=C\C/C=C\C/C=C\C/C=C\CCCCCCCCCCCCC(=O)OC(COC(=O)CCCCCCCCCCCCCCCCCCCCC)COP(=O)([O-])OCC[N+](C)(C)C. The molecule has 0 amide bonds. The Kier molecular flexibility index (Phi) is 51.4. The molecule has 2 unspecified atom stereocenters. The molecule has 0 aliphatic carbocycles. The second-order valence-corrected chi connectivity index (χ2v) is 22.4. The lowest BCUT2D eigenvalue weighted by atomic mass is 10.0. The normalized spacial score (nSPS) is 13.8. The molecule has 0 spiro atoms. The molecule has 9 nitrogen and oxygen atoms in total. The summed E-state index contributed by atoms with van der Waals surface area (Å²) < 4.78 is 34.2. The molecule has 0 aromatic carbocycles. The van der Waals surface area contributed by atoms with Gasteiger partial charge in [-0.15, -0.1) is 0 Å². The van der Waals surface area contributed by atoms with E-state index in [0.29, 0.717) is 17.4 Å². The minimum absolute atomic E-state index is 0.0329. The third-order valence-corrected chi connectivity index (χ3v) is 13.7. The average molecular weight is 1030 g/mol. The summed E-state index contributed by atoms with van der Waals surface area (Å²) in [5.41, 5.74) is 0. The number of rotatable bonds is 54. The van der Waals surface area contributed by atoms with Crippen LogP contribution in [0.2, 0.25) is 0 Å². The van der Waals surface area contributed by atoms with Crippen molar-refractivity contribution < 1.29 is 42.1 Å². The number of hydrogen-bond donors (Lipinski definition) is 0. The van der Waals surface area contributed by atoms with Crippen molar-refractivity contribution in [2.75, 3.05) is 47.5 Å². The summed E-state index contributed by atoms with van der Waals surface area (Å²) in [5, 5.41) is 0. The Morgan fingerprint density at radius 3 is 1.18 bits per heavy atom. The molecule has 10 heteroatoms. The van der Waals surface area contributed by atoms with Crippen molar-refractivity contribution >= 4 is 19.8 Å². The summed E-state index contributed by atoms with van der Waals surface area (Å²) in [5.74, 6) is -0.831. The van der Waals surface area contributed by atoms with Crippen LogP contribution in [0, 0.1) is 0 Å². The zero-order valence-electron chi connectivity index (χ0n) is 47.4. The van der Waals surface area contributed by atoms with Crippen LogP contribution in [0.1, 0.15) is 258 Å². The highest BCUT2D eigenvalue weighted by Crippen LogP contribution is 2.38. The minimum Gasteiger partial charge on any atom is -0.756 e. The van der Waals surface area contributed by atoms with Gasteiger partial charge in [0.2, 0.25) is 0 Å². The molecule has 0 aromatic heterocycles. The van der Waals surface area contributed by atoms with Crippen LogP contribution in [0.15, 0.2) is 72.9 Å². The summed E-state index contributed by atoms with van der Waals surface area (Å²) in [6, 6.07) is 0. The first-order valence-corrected chi connectivity index (χ1v) is 31.1.